The van der Waals surface area contributed by atoms with Crippen molar-refractivity contribution in [3.63, 3.8) is 0 Å². The summed E-state index contributed by atoms with van der Waals surface area (Å²) in [4.78, 5) is 11.2. The van der Waals surface area contributed by atoms with E-state index >= 15 is 0 Å². The largest absolute Gasteiger partial charge is 0.507 e. The van der Waals surface area contributed by atoms with Crippen LogP contribution in [0.3, 0.4) is 0 Å². The molecule has 4 N–H and O–H groups in total. The Bertz CT molecular complexity index is 857. The molecule has 0 spiro atoms. The van der Waals surface area contributed by atoms with Crippen molar-refractivity contribution >= 4 is 5.97 Å². The van der Waals surface area contributed by atoms with Crippen LogP contribution in [-0.4, -0.2) is 33.0 Å². The lowest BCUT2D eigenvalue weighted by Crippen LogP contribution is -2.05. The minimum Gasteiger partial charge on any atom is -0.507 e. The van der Waals surface area contributed by atoms with Gasteiger partial charge in [0, 0.05) is 5.56 Å². The average molecular weight is 388 g/mol. The van der Waals surface area contributed by atoms with E-state index in [2.05, 4.69) is 0 Å². The summed E-state index contributed by atoms with van der Waals surface area (Å²) in [5.74, 6) is -1.01. The molecule has 6 heteroatoms. The van der Waals surface area contributed by atoms with Gasteiger partial charge in [-0.05, 0) is 68.4 Å². The van der Waals surface area contributed by atoms with Crippen LogP contribution in [0.2, 0.25) is 0 Å². The zero-order valence-electron chi connectivity index (χ0n) is 16.6. The molecule has 152 valence electrons. The Morgan fingerprint density at radius 1 is 1.00 bits per heavy atom. The van der Waals surface area contributed by atoms with Gasteiger partial charge in [-0.3, -0.25) is 0 Å². The number of rotatable bonds is 9. The maximum absolute atomic E-state index is 11.2. The lowest BCUT2D eigenvalue weighted by atomic mass is 9.98. The van der Waals surface area contributed by atoms with Crippen LogP contribution in [0.1, 0.15) is 58.8 Å². The number of carboxylic acid groups (broad SMARTS) is 1. The van der Waals surface area contributed by atoms with Crippen molar-refractivity contribution in [1.82, 2.24) is 0 Å². The summed E-state index contributed by atoms with van der Waals surface area (Å²) in [7, 11) is 0. The molecule has 0 aliphatic carbocycles. The molecule has 0 unspecified atom stereocenters. The van der Waals surface area contributed by atoms with Crippen molar-refractivity contribution in [2.75, 3.05) is 6.61 Å². The molecule has 0 bridgehead atoms. The second-order valence-corrected chi connectivity index (χ2v) is 6.97. The van der Waals surface area contributed by atoms with Gasteiger partial charge in [-0.2, -0.15) is 0 Å². The number of unbranched alkanes of at least 4 members (excludes halogenated alkanes) is 1. The van der Waals surface area contributed by atoms with Gasteiger partial charge in [0.2, 0.25) is 0 Å². The average Bonchev–Trinajstić information content (AvgIpc) is 2.65. The number of hydrogen-bond donors (Lipinski definition) is 4. The molecule has 0 saturated carbocycles. The molecular formula is C22H28O6. The van der Waals surface area contributed by atoms with Crippen molar-refractivity contribution in [3.05, 3.63) is 46.0 Å². The molecule has 0 atom stereocenters. The zero-order valence-corrected chi connectivity index (χ0v) is 16.6. The van der Waals surface area contributed by atoms with Crippen LogP contribution in [0.25, 0.3) is 0 Å². The molecule has 0 amide bonds. The fourth-order valence-corrected chi connectivity index (χ4v) is 3.23. The third-order valence-corrected chi connectivity index (χ3v) is 4.89. The molecule has 0 radical (unpaired) electrons. The van der Waals surface area contributed by atoms with E-state index < -0.39 is 5.97 Å². The zero-order chi connectivity index (χ0) is 20.8. The second kappa shape index (κ2) is 9.35. The predicted octanol–water partition coefficient (Wildman–Crippen LogP) is 4.47. The Kier molecular flexibility index (Phi) is 7.15. The number of phenolic OH excluding ortho intramolecular Hbond substituents is 2. The molecule has 2 aromatic carbocycles. The van der Waals surface area contributed by atoms with Crippen molar-refractivity contribution in [2.24, 2.45) is 0 Å². The summed E-state index contributed by atoms with van der Waals surface area (Å²) >= 11 is 0. The number of aromatic carboxylic acids is 1. The topological polar surface area (TPSA) is 107 Å². The first kappa shape index (κ1) is 21.4. The molecule has 0 heterocycles. The van der Waals surface area contributed by atoms with Crippen LogP contribution in [0, 0.1) is 13.8 Å². The van der Waals surface area contributed by atoms with Crippen molar-refractivity contribution in [1.29, 1.82) is 0 Å². The van der Waals surface area contributed by atoms with Gasteiger partial charge in [-0.25, -0.2) is 4.79 Å². The van der Waals surface area contributed by atoms with Gasteiger partial charge in [0.15, 0.2) is 11.5 Å². The molecule has 28 heavy (non-hydrogen) atoms. The molecular weight excluding hydrogens is 360 g/mol. The van der Waals surface area contributed by atoms with E-state index in [1.54, 1.807) is 19.9 Å². The number of phenols is 3. The van der Waals surface area contributed by atoms with Crippen molar-refractivity contribution < 1.29 is 30.0 Å². The first-order chi connectivity index (χ1) is 13.3. The number of carbonyl (C=O) groups is 1. The molecule has 0 fully saturated rings. The van der Waals surface area contributed by atoms with E-state index in [-0.39, 0.29) is 22.8 Å². The highest BCUT2D eigenvalue weighted by Crippen LogP contribution is 2.35. The summed E-state index contributed by atoms with van der Waals surface area (Å²) in [5, 5.41) is 39.1. The molecule has 0 aromatic heterocycles. The summed E-state index contributed by atoms with van der Waals surface area (Å²) in [6.45, 7) is 5.92. The Labute approximate surface area is 165 Å². The van der Waals surface area contributed by atoms with Gasteiger partial charge in [0.1, 0.15) is 17.1 Å². The highest BCUT2D eigenvalue weighted by atomic mass is 16.5. The maximum atomic E-state index is 11.2. The summed E-state index contributed by atoms with van der Waals surface area (Å²) in [6.07, 6.45) is 3.62. The number of aromatic hydroxyl groups is 3. The second-order valence-electron chi connectivity index (χ2n) is 6.97. The number of aryl methyl sites for hydroxylation is 2. The fraction of sp³-hybridized carbons (Fsp3) is 0.409. The number of carboxylic acids is 1. The van der Waals surface area contributed by atoms with Gasteiger partial charge in [0.25, 0.3) is 0 Å². The van der Waals surface area contributed by atoms with Crippen molar-refractivity contribution in [2.45, 2.75) is 52.9 Å². The van der Waals surface area contributed by atoms with Crippen molar-refractivity contribution in [3.8, 4) is 23.0 Å². The molecule has 0 aliphatic heterocycles. The molecule has 0 aliphatic rings. The molecule has 2 aromatic rings. The highest BCUT2D eigenvalue weighted by molar-refractivity contribution is 5.91. The lowest BCUT2D eigenvalue weighted by Gasteiger charge is -2.15. The number of hydrogen-bond acceptors (Lipinski definition) is 5. The Morgan fingerprint density at radius 3 is 2.36 bits per heavy atom. The Hall–Kier alpha value is -2.89. The number of ether oxygens (including phenoxy) is 1. The van der Waals surface area contributed by atoms with E-state index in [0.29, 0.717) is 35.5 Å². The predicted molar refractivity (Wildman–Crippen MR) is 107 cm³/mol. The summed E-state index contributed by atoms with van der Waals surface area (Å²) < 4.78 is 5.80. The van der Waals surface area contributed by atoms with E-state index in [4.69, 9.17) is 9.84 Å². The van der Waals surface area contributed by atoms with E-state index in [0.717, 1.165) is 31.2 Å². The van der Waals surface area contributed by atoms with E-state index in [9.17, 15) is 20.1 Å². The molecule has 2 rings (SSSR count). The minimum atomic E-state index is -1.16. The van der Waals surface area contributed by atoms with Crippen LogP contribution in [0.4, 0.5) is 0 Å². The van der Waals surface area contributed by atoms with Crippen LogP contribution in [0.15, 0.2) is 18.2 Å². The smallest absolute Gasteiger partial charge is 0.339 e. The Morgan fingerprint density at radius 2 is 1.71 bits per heavy atom. The first-order valence-electron chi connectivity index (χ1n) is 9.49. The fourth-order valence-electron chi connectivity index (χ4n) is 3.23. The van der Waals surface area contributed by atoms with Crippen LogP contribution in [-0.2, 0) is 12.8 Å². The van der Waals surface area contributed by atoms with Gasteiger partial charge >= 0.3 is 5.97 Å². The van der Waals surface area contributed by atoms with Gasteiger partial charge in [-0.1, -0.05) is 19.4 Å². The molecule has 0 saturated heterocycles. The maximum Gasteiger partial charge on any atom is 0.339 e. The summed E-state index contributed by atoms with van der Waals surface area (Å²) in [5.41, 5.74) is 2.73. The van der Waals surface area contributed by atoms with Gasteiger partial charge in [-0.15, -0.1) is 0 Å². The van der Waals surface area contributed by atoms with Gasteiger partial charge in [0.05, 0.1) is 6.61 Å². The SMILES string of the molecule is CCCc1c(OCCCCc2cc(C)c(O)c(O)c2C)ccc(C(=O)O)c1O. The first-order valence-corrected chi connectivity index (χ1v) is 9.49. The quantitative estimate of drug-likeness (QED) is 0.373. The monoisotopic (exact) mass is 388 g/mol. The highest BCUT2D eigenvalue weighted by Gasteiger charge is 2.17. The Balaban J connectivity index is 1.97. The summed E-state index contributed by atoms with van der Waals surface area (Å²) in [6, 6.07) is 4.84. The third-order valence-electron chi connectivity index (χ3n) is 4.89. The normalized spacial score (nSPS) is 10.8. The van der Waals surface area contributed by atoms with Crippen LogP contribution >= 0.6 is 0 Å². The van der Waals surface area contributed by atoms with Crippen LogP contribution in [0.5, 0.6) is 23.0 Å². The van der Waals surface area contributed by atoms with Gasteiger partial charge < -0.3 is 25.2 Å². The number of benzene rings is 2. The van der Waals surface area contributed by atoms with E-state index in [1.807, 2.05) is 13.0 Å². The third kappa shape index (κ3) is 4.68. The van der Waals surface area contributed by atoms with E-state index in [1.165, 1.54) is 6.07 Å². The van der Waals surface area contributed by atoms with Crippen LogP contribution < -0.4 is 4.74 Å². The molecule has 6 nitrogen and oxygen atoms in total. The standard InChI is InChI=1S/C22H28O6/c1-4-7-16-18(10-9-17(21(16)25)22(26)27)28-11-6-5-8-15-12-13(2)19(23)20(24)14(15)3/h9-10,12,23-25H,4-8,11H2,1-3H3,(H,26,27). The lowest BCUT2D eigenvalue weighted by molar-refractivity contribution is 0.0693. The minimum absolute atomic E-state index is 0.0653.